The van der Waals surface area contributed by atoms with Gasteiger partial charge in [-0.1, -0.05) is 24.6 Å². The summed E-state index contributed by atoms with van der Waals surface area (Å²) < 4.78 is 2.02. The minimum absolute atomic E-state index is 0.354. The van der Waals surface area contributed by atoms with Crippen LogP contribution >= 0.6 is 23.4 Å². The van der Waals surface area contributed by atoms with Crippen molar-refractivity contribution in [2.45, 2.75) is 42.0 Å². The van der Waals surface area contributed by atoms with Crippen LogP contribution in [0.4, 0.5) is 0 Å². The number of hydrogen-bond donors (Lipinski definition) is 0. The Kier molecular flexibility index (Phi) is 4.03. The number of hydrogen-bond acceptors (Lipinski definition) is 4. The lowest BCUT2D eigenvalue weighted by atomic mass is 10.4. The molecule has 3 rings (SSSR count). The standard InChI is InChI=1S/C13H15ClN4S/c14-8-12-16-17-13(19-11-5-1-2-6-11)18(12)10-4-3-7-15-9-10/h3-4,7,9,11H,1-2,5-6,8H2. The number of nitrogens with zero attached hydrogens (tertiary/aromatic N) is 4. The molecule has 0 saturated heterocycles. The maximum Gasteiger partial charge on any atom is 0.196 e. The molecule has 0 amide bonds. The van der Waals surface area contributed by atoms with Crippen molar-refractivity contribution >= 4 is 23.4 Å². The van der Waals surface area contributed by atoms with Gasteiger partial charge in [0.25, 0.3) is 0 Å². The summed E-state index contributed by atoms with van der Waals surface area (Å²) in [5, 5.41) is 10.1. The van der Waals surface area contributed by atoms with Crippen LogP contribution in [0.5, 0.6) is 0 Å². The molecule has 1 saturated carbocycles. The van der Waals surface area contributed by atoms with E-state index in [0.717, 1.165) is 16.7 Å². The Labute approximate surface area is 121 Å². The molecule has 0 atom stereocenters. The summed E-state index contributed by atoms with van der Waals surface area (Å²) >= 11 is 7.77. The van der Waals surface area contributed by atoms with Gasteiger partial charge in [-0.15, -0.1) is 21.8 Å². The molecule has 4 nitrogen and oxygen atoms in total. The van der Waals surface area contributed by atoms with Crippen molar-refractivity contribution in [2.24, 2.45) is 0 Å². The molecule has 0 unspecified atom stereocenters. The van der Waals surface area contributed by atoms with E-state index in [1.54, 1.807) is 6.20 Å². The van der Waals surface area contributed by atoms with E-state index < -0.39 is 0 Å². The highest BCUT2D eigenvalue weighted by molar-refractivity contribution is 7.99. The van der Waals surface area contributed by atoms with Gasteiger partial charge < -0.3 is 0 Å². The van der Waals surface area contributed by atoms with E-state index in [2.05, 4.69) is 15.2 Å². The maximum absolute atomic E-state index is 5.96. The third-order valence-corrected chi connectivity index (χ3v) is 4.82. The van der Waals surface area contributed by atoms with Gasteiger partial charge in [-0.25, -0.2) is 0 Å². The lowest BCUT2D eigenvalue weighted by Gasteiger charge is -2.11. The zero-order chi connectivity index (χ0) is 13.1. The second-order valence-electron chi connectivity index (χ2n) is 4.60. The van der Waals surface area contributed by atoms with Gasteiger partial charge in [0, 0.05) is 11.4 Å². The number of halogens is 1. The Morgan fingerprint density at radius 3 is 2.84 bits per heavy atom. The minimum atomic E-state index is 0.354. The Morgan fingerprint density at radius 2 is 2.16 bits per heavy atom. The first kappa shape index (κ1) is 12.9. The van der Waals surface area contributed by atoms with Crippen LogP contribution in [0.2, 0.25) is 0 Å². The molecule has 1 aliphatic carbocycles. The summed E-state index contributed by atoms with van der Waals surface area (Å²) in [6.45, 7) is 0. The number of pyridine rings is 1. The fourth-order valence-corrected chi connectivity index (χ4v) is 3.81. The van der Waals surface area contributed by atoms with Crippen LogP contribution in [0.3, 0.4) is 0 Å². The average molecular weight is 295 g/mol. The predicted molar refractivity (Wildman–Crippen MR) is 76.8 cm³/mol. The first-order chi connectivity index (χ1) is 9.38. The van der Waals surface area contributed by atoms with Gasteiger partial charge in [0.1, 0.15) is 0 Å². The van der Waals surface area contributed by atoms with Crippen molar-refractivity contribution in [1.29, 1.82) is 0 Å². The second kappa shape index (κ2) is 5.92. The fourth-order valence-electron chi connectivity index (χ4n) is 2.36. The molecule has 2 aromatic heterocycles. The van der Waals surface area contributed by atoms with Crippen LogP contribution in [-0.2, 0) is 5.88 Å². The topological polar surface area (TPSA) is 43.6 Å². The highest BCUT2D eigenvalue weighted by Crippen LogP contribution is 2.35. The second-order valence-corrected chi connectivity index (χ2v) is 6.14. The molecule has 1 fully saturated rings. The molecule has 100 valence electrons. The monoisotopic (exact) mass is 294 g/mol. The smallest absolute Gasteiger partial charge is 0.196 e. The van der Waals surface area contributed by atoms with Gasteiger partial charge in [-0.3, -0.25) is 9.55 Å². The minimum Gasteiger partial charge on any atom is -0.271 e. The third kappa shape index (κ3) is 2.77. The number of rotatable bonds is 4. The highest BCUT2D eigenvalue weighted by Gasteiger charge is 2.21. The SMILES string of the molecule is ClCc1nnc(SC2CCCC2)n1-c1cccnc1. The van der Waals surface area contributed by atoms with Crippen molar-refractivity contribution in [2.75, 3.05) is 0 Å². The van der Waals surface area contributed by atoms with Crippen molar-refractivity contribution in [3.05, 3.63) is 30.4 Å². The van der Waals surface area contributed by atoms with Crippen LogP contribution in [-0.4, -0.2) is 25.0 Å². The van der Waals surface area contributed by atoms with Crippen LogP contribution in [0.25, 0.3) is 5.69 Å². The predicted octanol–water partition coefficient (Wildman–Crippen LogP) is 3.44. The van der Waals surface area contributed by atoms with Gasteiger partial charge in [-0.05, 0) is 25.0 Å². The van der Waals surface area contributed by atoms with Gasteiger partial charge in [0.15, 0.2) is 11.0 Å². The summed E-state index contributed by atoms with van der Waals surface area (Å²) in [5.41, 5.74) is 0.976. The number of aromatic nitrogens is 4. The maximum atomic E-state index is 5.96. The van der Waals surface area contributed by atoms with Crippen molar-refractivity contribution in [3.63, 3.8) is 0 Å². The molecule has 6 heteroatoms. The normalized spacial score (nSPS) is 16.1. The number of alkyl halides is 1. The lowest BCUT2D eigenvalue weighted by molar-refractivity contribution is 0.836. The number of thioether (sulfide) groups is 1. The quantitative estimate of drug-likeness (QED) is 0.810. The van der Waals surface area contributed by atoms with E-state index in [0.29, 0.717) is 11.1 Å². The molecule has 0 spiro atoms. The van der Waals surface area contributed by atoms with E-state index in [1.807, 2.05) is 34.7 Å². The molecule has 2 aromatic rings. The summed E-state index contributed by atoms with van der Waals surface area (Å²) in [7, 11) is 0. The Balaban J connectivity index is 1.93. The molecule has 0 N–H and O–H groups in total. The van der Waals surface area contributed by atoms with Crippen LogP contribution < -0.4 is 0 Å². The zero-order valence-electron chi connectivity index (χ0n) is 10.5. The van der Waals surface area contributed by atoms with Gasteiger partial charge >= 0.3 is 0 Å². The molecule has 1 aliphatic rings. The largest absolute Gasteiger partial charge is 0.271 e. The molecule has 0 aliphatic heterocycles. The highest BCUT2D eigenvalue weighted by atomic mass is 35.5. The van der Waals surface area contributed by atoms with Crippen LogP contribution in [0, 0.1) is 0 Å². The first-order valence-electron chi connectivity index (χ1n) is 6.46. The summed E-state index contributed by atoms with van der Waals surface area (Å²) in [6.07, 6.45) is 8.75. The molecule has 0 aromatic carbocycles. The van der Waals surface area contributed by atoms with E-state index in [4.69, 9.17) is 11.6 Å². The van der Waals surface area contributed by atoms with Gasteiger partial charge in [0.05, 0.1) is 17.8 Å². The van der Waals surface area contributed by atoms with Crippen molar-refractivity contribution in [3.8, 4) is 5.69 Å². The van der Waals surface area contributed by atoms with Crippen molar-refractivity contribution < 1.29 is 0 Å². The van der Waals surface area contributed by atoms with E-state index >= 15 is 0 Å². The summed E-state index contributed by atoms with van der Waals surface area (Å²) in [5.74, 6) is 1.13. The Bertz CT molecular complexity index is 537. The summed E-state index contributed by atoms with van der Waals surface area (Å²) in [4.78, 5) is 4.16. The molecule has 0 radical (unpaired) electrons. The van der Waals surface area contributed by atoms with E-state index in [-0.39, 0.29) is 0 Å². The molecule has 0 bridgehead atoms. The molecular weight excluding hydrogens is 280 g/mol. The van der Waals surface area contributed by atoms with E-state index in [1.165, 1.54) is 25.7 Å². The van der Waals surface area contributed by atoms with E-state index in [9.17, 15) is 0 Å². The average Bonchev–Trinajstić information content (AvgIpc) is 3.09. The molecular formula is C13H15ClN4S. The Hall–Kier alpha value is -1.07. The summed E-state index contributed by atoms with van der Waals surface area (Å²) in [6, 6.07) is 3.92. The van der Waals surface area contributed by atoms with Crippen LogP contribution in [0.15, 0.2) is 29.7 Å². The van der Waals surface area contributed by atoms with Gasteiger partial charge in [0.2, 0.25) is 0 Å². The molecule has 2 heterocycles. The van der Waals surface area contributed by atoms with Crippen molar-refractivity contribution in [1.82, 2.24) is 19.7 Å². The third-order valence-electron chi connectivity index (χ3n) is 3.30. The zero-order valence-corrected chi connectivity index (χ0v) is 12.1. The molecule has 19 heavy (non-hydrogen) atoms. The lowest BCUT2D eigenvalue weighted by Crippen LogP contribution is -2.04. The Morgan fingerprint density at radius 1 is 1.32 bits per heavy atom. The fraction of sp³-hybridized carbons (Fsp3) is 0.462. The first-order valence-corrected chi connectivity index (χ1v) is 7.87. The van der Waals surface area contributed by atoms with Crippen LogP contribution in [0.1, 0.15) is 31.5 Å². The van der Waals surface area contributed by atoms with Gasteiger partial charge in [-0.2, -0.15) is 0 Å².